The van der Waals surface area contributed by atoms with Crippen LogP contribution in [0, 0.1) is 6.92 Å². The normalized spacial score (nSPS) is 11.1. The van der Waals surface area contributed by atoms with Gasteiger partial charge in [-0.2, -0.15) is 0 Å². The number of thiophene rings is 1. The maximum atomic E-state index is 12.5. The minimum absolute atomic E-state index is 0.0596. The number of halogens is 1. The van der Waals surface area contributed by atoms with E-state index in [4.69, 9.17) is 0 Å². The van der Waals surface area contributed by atoms with E-state index in [-0.39, 0.29) is 12.1 Å². The number of fused-ring (bicyclic) bond motifs is 1. The summed E-state index contributed by atoms with van der Waals surface area (Å²) in [5.74, 6) is 0.557. The first-order chi connectivity index (χ1) is 9.70. The molecule has 2 aromatic heterocycles. The first-order valence-corrected chi connectivity index (χ1v) is 7.14. The standard InChI is InChI=1S/C15H13FN2OS/c1-10-17-14-12(15(19)18(10)8-7-16)9-13(20-14)11-5-3-2-4-6-11/h2-6,9H,7-8H2,1H3. The Kier molecular flexibility index (Phi) is 3.36. The van der Waals surface area contributed by atoms with Gasteiger partial charge in [0.05, 0.1) is 11.9 Å². The maximum Gasteiger partial charge on any atom is 0.262 e. The molecular weight excluding hydrogens is 275 g/mol. The highest BCUT2D eigenvalue weighted by molar-refractivity contribution is 7.21. The van der Waals surface area contributed by atoms with E-state index in [0.29, 0.717) is 16.0 Å². The number of alkyl halides is 1. The summed E-state index contributed by atoms with van der Waals surface area (Å²) in [5, 5.41) is 0.563. The van der Waals surface area contributed by atoms with Crippen molar-refractivity contribution in [1.29, 1.82) is 0 Å². The molecule has 3 rings (SSSR count). The summed E-state index contributed by atoms with van der Waals surface area (Å²) >= 11 is 1.49. The van der Waals surface area contributed by atoms with Gasteiger partial charge < -0.3 is 0 Å². The van der Waals surface area contributed by atoms with Crippen LogP contribution in [-0.4, -0.2) is 16.2 Å². The predicted octanol–water partition coefficient (Wildman–Crippen LogP) is 3.40. The van der Waals surface area contributed by atoms with Gasteiger partial charge in [-0.1, -0.05) is 30.3 Å². The van der Waals surface area contributed by atoms with Crippen molar-refractivity contribution in [3.8, 4) is 10.4 Å². The van der Waals surface area contributed by atoms with Crippen LogP contribution < -0.4 is 5.56 Å². The van der Waals surface area contributed by atoms with Crippen molar-refractivity contribution in [2.24, 2.45) is 0 Å². The van der Waals surface area contributed by atoms with E-state index in [0.717, 1.165) is 10.4 Å². The lowest BCUT2D eigenvalue weighted by Crippen LogP contribution is -2.24. The lowest BCUT2D eigenvalue weighted by molar-refractivity contribution is 0.435. The Morgan fingerprint density at radius 3 is 2.75 bits per heavy atom. The fourth-order valence-corrected chi connectivity index (χ4v) is 3.28. The summed E-state index contributed by atoms with van der Waals surface area (Å²) < 4.78 is 13.9. The zero-order chi connectivity index (χ0) is 14.1. The maximum absolute atomic E-state index is 12.5. The quantitative estimate of drug-likeness (QED) is 0.740. The average molecular weight is 288 g/mol. The van der Waals surface area contributed by atoms with E-state index in [1.807, 2.05) is 36.4 Å². The highest BCUT2D eigenvalue weighted by Crippen LogP contribution is 2.30. The van der Waals surface area contributed by atoms with Crippen molar-refractivity contribution >= 4 is 21.6 Å². The molecule has 0 aliphatic heterocycles. The van der Waals surface area contributed by atoms with Gasteiger partial charge in [0, 0.05) is 4.88 Å². The Hall–Kier alpha value is -2.01. The monoisotopic (exact) mass is 288 g/mol. The number of nitrogens with zero attached hydrogens (tertiary/aromatic N) is 2. The number of rotatable bonds is 3. The Bertz CT molecular complexity index is 808. The second-order valence-corrected chi connectivity index (χ2v) is 5.53. The zero-order valence-electron chi connectivity index (χ0n) is 11.0. The van der Waals surface area contributed by atoms with Gasteiger partial charge in [-0.15, -0.1) is 11.3 Å². The molecule has 0 fully saturated rings. The number of aryl methyl sites for hydroxylation is 1. The minimum atomic E-state index is -0.566. The molecule has 5 heteroatoms. The number of hydrogen-bond acceptors (Lipinski definition) is 3. The Morgan fingerprint density at radius 1 is 1.30 bits per heavy atom. The highest BCUT2D eigenvalue weighted by atomic mass is 32.1. The lowest BCUT2D eigenvalue weighted by Gasteiger charge is -2.05. The lowest BCUT2D eigenvalue weighted by atomic mass is 10.2. The van der Waals surface area contributed by atoms with E-state index in [1.165, 1.54) is 15.9 Å². The van der Waals surface area contributed by atoms with Crippen LogP contribution in [0.3, 0.4) is 0 Å². The first-order valence-electron chi connectivity index (χ1n) is 6.33. The van der Waals surface area contributed by atoms with E-state index in [9.17, 15) is 9.18 Å². The summed E-state index contributed by atoms with van der Waals surface area (Å²) in [5.41, 5.74) is 0.896. The smallest absolute Gasteiger partial charge is 0.262 e. The van der Waals surface area contributed by atoms with Crippen molar-refractivity contribution in [2.45, 2.75) is 13.5 Å². The molecule has 2 heterocycles. The Labute approximate surface area is 119 Å². The van der Waals surface area contributed by atoms with Gasteiger partial charge in [0.25, 0.3) is 5.56 Å². The van der Waals surface area contributed by atoms with Crippen molar-refractivity contribution in [1.82, 2.24) is 9.55 Å². The van der Waals surface area contributed by atoms with Crippen LogP contribution in [0.2, 0.25) is 0 Å². The third-order valence-corrected chi connectivity index (χ3v) is 4.29. The fourth-order valence-electron chi connectivity index (χ4n) is 2.21. The molecule has 0 aliphatic carbocycles. The van der Waals surface area contributed by atoms with E-state index >= 15 is 0 Å². The molecule has 0 saturated carbocycles. The molecule has 0 unspecified atom stereocenters. The average Bonchev–Trinajstić information content (AvgIpc) is 2.88. The van der Waals surface area contributed by atoms with Gasteiger partial charge in [-0.25, -0.2) is 9.37 Å². The second-order valence-electron chi connectivity index (χ2n) is 4.50. The SMILES string of the molecule is Cc1nc2sc(-c3ccccc3)cc2c(=O)n1CCF. The summed E-state index contributed by atoms with van der Waals surface area (Å²) in [6.45, 7) is 1.23. The molecule has 1 aromatic carbocycles. The molecule has 0 bridgehead atoms. The Balaban J connectivity index is 2.22. The minimum Gasteiger partial charge on any atom is -0.294 e. The van der Waals surface area contributed by atoms with Crippen LogP contribution in [0.1, 0.15) is 5.82 Å². The number of aromatic nitrogens is 2. The van der Waals surface area contributed by atoms with Crippen molar-refractivity contribution in [2.75, 3.05) is 6.67 Å². The van der Waals surface area contributed by atoms with Crippen LogP contribution in [0.15, 0.2) is 41.2 Å². The molecule has 0 spiro atoms. The van der Waals surface area contributed by atoms with E-state index < -0.39 is 6.67 Å². The molecule has 0 N–H and O–H groups in total. The van der Waals surface area contributed by atoms with Gasteiger partial charge in [-0.05, 0) is 18.6 Å². The molecule has 3 aromatic rings. The Morgan fingerprint density at radius 2 is 2.05 bits per heavy atom. The third kappa shape index (κ3) is 2.14. The highest BCUT2D eigenvalue weighted by Gasteiger charge is 2.12. The topological polar surface area (TPSA) is 34.9 Å². The van der Waals surface area contributed by atoms with Crippen molar-refractivity contribution < 1.29 is 4.39 Å². The van der Waals surface area contributed by atoms with Gasteiger partial charge in [0.1, 0.15) is 17.3 Å². The predicted molar refractivity (Wildman–Crippen MR) is 80.0 cm³/mol. The molecule has 0 radical (unpaired) electrons. The molecule has 3 nitrogen and oxygen atoms in total. The van der Waals surface area contributed by atoms with Crippen molar-refractivity contribution in [3.63, 3.8) is 0 Å². The molecular formula is C15H13FN2OS. The van der Waals surface area contributed by atoms with Crippen molar-refractivity contribution in [3.05, 3.63) is 52.6 Å². The summed E-state index contributed by atoms with van der Waals surface area (Å²) in [6, 6.07) is 11.7. The van der Waals surface area contributed by atoms with Crippen LogP contribution in [0.25, 0.3) is 20.7 Å². The first kappa shape index (κ1) is 13.0. The molecule has 0 aliphatic rings. The summed E-state index contributed by atoms with van der Waals surface area (Å²) in [4.78, 5) is 18.5. The van der Waals surface area contributed by atoms with Gasteiger partial charge in [0.15, 0.2) is 0 Å². The zero-order valence-corrected chi connectivity index (χ0v) is 11.8. The van der Waals surface area contributed by atoms with Gasteiger partial charge in [0.2, 0.25) is 0 Å². The van der Waals surface area contributed by atoms with Crippen LogP contribution in [0.5, 0.6) is 0 Å². The summed E-state index contributed by atoms with van der Waals surface area (Å²) in [6.07, 6.45) is 0. The molecule has 0 amide bonds. The van der Waals surface area contributed by atoms with E-state index in [1.54, 1.807) is 6.92 Å². The van der Waals surface area contributed by atoms with Crippen LogP contribution in [-0.2, 0) is 6.54 Å². The van der Waals surface area contributed by atoms with Crippen LogP contribution in [0.4, 0.5) is 4.39 Å². The number of hydrogen-bond donors (Lipinski definition) is 0. The van der Waals surface area contributed by atoms with Crippen LogP contribution >= 0.6 is 11.3 Å². The molecule has 20 heavy (non-hydrogen) atoms. The molecule has 0 saturated heterocycles. The molecule has 0 atom stereocenters. The van der Waals surface area contributed by atoms with Gasteiger partial charge in [-0.3, -0.25) is 9.36 Å². The molecule has 102 valence electrons. The second kappa shape index (κ2) is 5.17. The third-order valence-electron chi connectivity index (χ3n) is 3.21. The fraction of sp³-hybridized carbons (Fsp3) is 0.200. The number of benzene rings is 1. The van der Waals surface area contributed by atoms with Gasteiger partial charge >= 0.3 is 0 Å². The largest absolute Gasteiger partial charge is 0.294 e. The summed E-state index contributed by atoms with van der Waals surface area (Å²) in [7, 11) is 0. The van der Waals surface area contributed by atoms with E-state index in [2.05, 4.69) is 4.98 Å².